The van der Waals surface area contributed by atoms with Crippen molar-refractivity contribution in [3.05, 3.63) is 59.4 Å². The molecule has 0 unspecified atom stereocenters. The summed E-state index contributed by atoms with van der Waals surface area (Å²) < 4.78 is 19.8. The van der Waals surface area contributed by atoms with Crippen molar-refractivity contribution < 1.29 is 18.7 Å². The Morgan fingerprint density at radius 3 is 2.50 bits per heavy atom. The summed E-state index contributed by atoms with van der Waals surface area (Å²) in [5.41, 5.74) is 1.14. The van der Waals surface area contributed by atoms with Gasteiger partial charge in [0.2, 0.25) is 0 Å². The van der Waals surface area contributed by atoms with Crippen LogP contribution in [0.2, 0.25) is 0 Å². The minimum Gasteiger partial charge on any atom is -0.482 e. The zero-order chi connectivity index (χ0) is 20.1. The summed E-state index contributed by atoms with van der Waals surface area (Å²) in [5.74, 6) is -0.424. The molecule has 0 saturated carbocycles. The van der Waals surface area contributed by atoms with E-state index in [2.05, 4.69) is 0 Å². The average molecular weight is 381 g/mol. The van der Waals surface area contributed by atoms with E-state index in [1.54, 1.807) is 41.3 Å². The molecule has 1 aliphatic rings. The third-order valence-electron chi connectivity index (χ3n) is 4.69. The van der Waals surface area contributed by atoms with Crippen molar-refractivity contribution in [2.24, 2.45) is 0 Å². The van der Waals surface area contributed by atoms with Gasteiger partial charge in [-0.15, -0.1) is 0 Å². The summed E-state index contributed by atoms with van der Waals surface area (Å²) in [6.45, 7) is 3.09. The van der Waals surface area contributed by atoms with Gasteiger partial charge in [-0.25, -0.2) is 4.39 Å². The van der Waals surface area contributed by atoms with E-state index < -0.39 is 5.82 Å². The minimum atomic E-state index is -0.441. The molecule has 1 heterocycles. The van der Waals surface area contributed by atoms with Crippen LogP contribution in [0.15, 0.2) is 42.5 Å². The molecule has 0 N–H and O–H groups in total. The fourth-order valence-electron chi connectivity index (χ4n) is 3.09. The lowest BCUT2D eigenvalue weighted by Crippen LogP contribution is -2.50. The molecule has 1 fully saturated rings. The van der Waals surface area contributed by atoms with Crippen LogP contribution in [0, 0.1) is 17.1 Å². The SMILES string of the molecule is CC(=O)c1ccc(N2CCN(C(=O)COc3ccccc3C#N)CC2)c(F)c1. The number of hydrogen-bond acceptors (Lipinski definition) is 5. The van der Waals surface area contributed by atoms with E-state index in [1.807, 2.05) is 11.0 Å². The molecule has 2 aromatic rings. The molecular formula is C21H20FN3O3. The van der Waals surface area contributed by atoms with Crippen LogP contribution in [0.4, 0.5) is 10.1 Å². The molecule has 144 valence electrons. The number of hydrogen-bond donors (Lipinski definition) is 0. The first-order valence-corrected chi connectivity index (χ1v) is 8.94. The Morgan fingerprint density at radius 2 is 1.86 bits per heavy atom. The Morgan fingerprint density at radius 1 is 1.14 bits per heavy atom. The van der Waals surface area contributed by atoms with Crippen LogP contribution < -0.4 is 9.64 Å². The topological polar surface area (TPSA) is 73.6 Å². The standard InChI is InChI=1S/C21H20FN3O3/c1-15(26)16-6-7-19(18(22)12-16)24-8-10-25(11-9-24)21(27)14-28-20-5-3-2-4-17(20)13-23/h2-7,12H,8-11,14H2,1H3. The molecule has 1 aliphatic heterocycles. The van der Waals surface area contributed by atoms with E-state index in [-0.39, 0.29) is 18.3 Å². The zero-order valence-electron chi connectivity index (χ0n) is 15.5. The van der Waals surface area contributed by atoms with Crippen molar-refractivity contribution in [2.45, 2.75) is 6.92 Å². The second-order valence-electron chi connectivity index (χ2n) is 6.49. The van der Waals surface area contributed by atoms with Gasteiger partial charge in [0, 0.05) is 31.7 Å². The average Bonchev–Trinajstić information content (AvgIpc) is 2.72. The van der Waals surface area contributed by atoms with E-state index in [0.29, 0.717) is 48.7 Å². The summed E-state index contributed by atoms with van der Waals surface area (Å²) in [6.07, 6.45) is 0. The van der Waals surface area contributed by atoms with Crippen molar-refractivity contribution in [1.82, 2.24) is 4.90 Å². The Labute approximate surface area is 162 Å². The highest BCUT2D eigenvalue weighted by Gasteiger charge is 2.23. The number of nitriles is 1. The lowest BCUT2D eigenvalue weighted by atomic mass is 10.1. The number of ether oxygens (including phenoxy) is 1. The van der Waals surface area contributed by atoms with Crippen molar-refractivity contribution in [3.63, 3.8) is 0 Å². The quantitative estimate of drug-likeness (QED) is 0.745. The van der Waals surface area contributed by atoms with E-state index >= 15 is 0 Å². The highest BCUT2D eigenvalue weighted by atomic mass is 19.1. The number of rotatable bonds is 5. The molecule has 0 radical (unpaired) electrons. The third-order valence-corrected chi connectivity index (χ3v) is 4.69. The zero-order valence-corrected chi connectivity index (χ0v) is 15.5. The van der Waals surface area contributed by atoms with E-state index in [1.165, 1.54) is 13.0 Å². The number of carbonyl (C=O) groups is 2. The maximum atomic E-state index is 14.3. The number of para-hydroxylation sites is 1. The lowest BCUT2D eigenvalue weighted by molar-refractivity contribution is -0.133. The molecule has 2 aromatic carbocycles. The fraction of sp³-hybridized carbons (Fsp3) is 0.286. The van der Waals surface area contributed by atoms with Gasteiger partial charge in [-0.2, -0.15) is 5.26 Å². The van der Waals surface area contributed by atoms with Gasteiger partial charge in [-0.05, 0) is 37.3 Å². The normalized spacial score (nSPS) is 13.8. The van der Waals surface area contributed by atoms with E-state index in [9.17, 15) is 14.0 Å². The van der Waals surface area contributed by atoms with Gasteiger partial charge in [0.15, 0.2) is 12.4 Å². The van der Waals surface area contributed by atoms with Crippen LogP contribution in [0.25, 0.3) is 0 Å². The number of benzene rings is 2. The monoisotopic (exact) mass is 381 g/mol. The van der Waals surface area contributed by atoms with Crippen LogP contribution in [0.3, 0.4) is 0 Å². The smallest absolute Gasteiger partial charge is 0.260 e. The number of piperazine rings is 1. The number of ketones is 1. The predicted molar refractivity (Wildman–Crippen MR) is 102 cm³/mol. The first kappa shape index (κ1) is 19.4. The summed E-state index contributed by atoms with van der Waals surface area (Å²) in [5, 5.41) is 9.06. The van der Waals surface area contributed by atoms with Gasteiger partial charge in [0.1, 0.15) is 17.6 Å². The summed E-state index contributed by atoms with van der Waals surface area (Å²) in [7, 11) is 0. The molecule has 0 atom stereocenters. The van der Waals surface area contributed by atoms with E-state index in [4.69, 9.17) is 10.00 Å². The van der Waals surface area contributed by atoms with Gasteiger partial charge in [0.05, 0.1) is 11.3 Å². The molecule has 0 aromatic heterocycles. The van der Waals surface area contributed by atoms with Crippen LogP contribution in [0.5, 0.6) is 5.75 Å². The highest BCUT2D eigenvalue weighted by molar-refractivity contribution is 5.94. The number of anilines is 1. The molecule has 6 nitrogen and oxygen atoms in total. The van der Waals surface area contributed by atoms with Crippen LogP contribution in [-0.2, 0) is 4.79 Å². The molecule has 0 bridgehead atoms. The summed E-state index contributed by atoms with van der Waals surface area (Å²) in [6, 6.07) is 13.2. The second-order valence-corrected chi connectivity index (χ2v) is 6.49. The number of carbonyl (C=O) groups excluding carboxylic acids is 2. The molecule has 28 heavy (non-hydrogen) atoms. The van der Waals surface area contributed by atoms with Crippen molar-refractivity contribution >= 4 is 17.4 Å². The van der Waals surface area contributed by atoms with Gasteiger partial charge < -0.3 is 14.5 Å². The molecular weight excluding hydrogens is 361 g/mol. The first-order chi connectivity index (χ1) is 13.5. The minimum absolute atomic E-state index is 0.152. The van der Waals surface area contributed by atoms with E-state index in [0.717, 1.165) is 0 Å². The maximum absolute atomic E-state index is 14.3. The molecule has 0 aliphatic carbocycles. The molecule has 0 spiro atoms. The lowest BCUT2D eigenvalue weighted by Gasteiger charge is -2.36. The summed E-state index contributed by atoms with van der Waals surface area (Å²) >= 11 is 0. The van der Waals surface area contributed by atoms with Crippen LogP contribution in [0.1, 0.15) is 22.8 Å². The van der Waals surface area contributed by atoms with Crippen LogP contribution >= 0.6 is 0 Å². The first-order valence-electron chi connectivity index (χ1n) is 8.94. The summed E-state index contributed by atoms with van der Waals surface area (Å²) in [4.78, 5) is 27.3. The largest absolute Gasteiger partial charge is 0.482 e. The van der Waals surface area contributed by atoms with Crippen molar-refractivity contribution in [3.8, 4) is 11.8 Å². The number of Topliss-reactive ketones (excluding diaryl/α,β-unsaturated/α-hetero) is 1. The number of amides is 1. The van der Waals surface area contributed by atoms with Gasteiger partial charge in [-0.3, -0.25) is 9.59 Å². The van der Waals surface area contributed by atoms with Crippen molar-refractivity contribution in [1.29, 1.82) is 5.26 Å². The highest BCUT2D eigenvalue weighted by Crippen LogP contribution is 2.22. The predicted octanol–water partition coefficient (Wildman–Crippen LogP) is 2.63. The second kappa shape index (κ2) is 8.53. The Bertz CT molecular complexity index is 931. The Hall–Kier alpha value is -3.40. The fourth-order valence-corrected chi connectivity index (χ4v) is 3.09. The third kappa shape index (κ3) is 4.29. The van der Waals surface area contributed by atoms with Crippen molar-refractivity contribution in [2.75, 3.05) is 37.7 Å². The van der Waals surface area contributed by atoms with Gasteiger partial charge >= 0.3 is 0 Å². The molecule has 1 amide bonds. The van der Waals surface area contributed by atoms with Crippen LogP contribution in [-0.4, -0.2) is 49.4 Å². The molecule has 3 rings (SSSR count). The van der Waals surface area contributed by atoms with Gasteiger partial charge in [-0.1, -0.05) is 12.1 Å². The number of halogens is 1. The Balaban J connectivity index is 1.56. The number of nitrogens with zero attached hydrogens (tertiary/aromatic N) is 3. The molecule has 7 heteroatoms. The maximum Gasteiger partial charge on any atom is 0.260 e. The Kier molecular flexibility index (Phi) is 5.90. The molecule has 1 saturated heterocycles. The van der Waals surface area contributed by atoms with Gasteiger partial charge in [0.25, 0.3) is 5.91 Å².